The van der Waals surface area contributed by atoms with Crippen molar-refractivity contribution in [1.29, 1.82) is 0 Å². The Bertz CT molecular complexity index is 548. The molecule has 0 saturated carbocycles. The molecule has 0 radical (unpaired) electrons. The van der Waals surface area contributed by atoms with Crippen LogP contribution >= 0.6 is 0 Å². The van der Waals surface area contributed by atoms with E-state index in [9.17, 15) is 10.1 Å². The van der Waals surface area contributed by atoms with Crippen LogP contribution in [-0.2, 0) is 0 Å². The molecule has 0 unspecified atom stereocenters. The Labute approximate surface area is 91.7 Å². The second-order valence-corrected chi connectivity index (χ2v) is 3.46. The van der Waals surface area contributed by atoms with E-state index in [0.29, 0.717) is 11.5 Å². The van der Waals surface area contributed by atoms with Gasteiger partial charge in [0.1, 0.15) is 12.2 Å². The minimum Gasteiger partial charge on any atom is -0.258 e. The van der Waals surface area contributed by atoms with Crippen LogP contribution in [0.2, 0.25) is 0 Å². The third kappa shape index (κ3) is 1.77. The standard InChI is InChI=1S/C10H10N4O2/c1-7-3-4-9(14(15)16)5-10(7)13-6-11-8(2)12-13/h3-6H,1-2H3. The molecule has 2 aromatic rings. The molecule has 0 N–H and O–H groups in total. The molecule has 2 rings (SSSR count). The fourth-order valence-corrected chi connectivity index (χ4v) is 1.42. The summed E-state index contributed by atoms with van der Waals surface area (Å²) in [6.45, 7) is 3.64. The summed E-state index contributed by atoms with van der Waals surface area (Å²) in [7, 11) is 0. The van der Waals surface area contributed by atoms with Crippen molar-refractivity contribution in [2.45, 2.75) is 13.8 Å². The van der Waals surface area contributed by atoms with Crippen LogP contribution in [0, 0.1) is 24.0 Å². The minimum atomic E-state index is -0.424. The normalized spacial score (nSPS) is 10.4. The van der Waals surface area contributed by atoms with Crippen molar-refractivity contribution < 1.29 is 4.92 Å². The summed E-state index contributed by atoms with van der Waals surface area (Å²) in [4.78, 5) is 14.2. The van der Waals surface area contributed by atoms with E-state index in [1.807, 2.05) is 6.92 Å². The molecule has 6 heteroatoms. The lowest BCUT2D eigenvalue weighted by Gasteiger charge is -2.04. The number of aromatic nitrogens is 3. The predicted octanol–water partition coefficient (Wildman–Crippen LogP) is 1.79. The van der Waals surface area contributed by atoms with Crippen molar-refractivity contribution in [1.82, 2.24) is 14.8 Å². The van der Waals surface area contributed by atoms with E-state index in [4.69, 9.17) is 0 Å². The Balaban J connectivity index is 2.55. The predicted molar refractivity (Wildman–Crippen MR) is 57.5 cm³/mol. The Morgan fingerprint density at radius 2 is 2.12 bits per heavy atom. The average molecular weight is 218 g/mol. The van der Waals surface area contributed by atoms with Gasteiger partial charge >= 0.3 is 0 Å². The first-order valence-electron chi connectivity index (χ1n) is 4.71. The molecule has 1 aromatic heterocycles. The molecule has 0 fully saturated rings. The van der Waals surface area contributed by atoms with Gasteiger partial charge in [-0.05, 0) is 19.4 Å². The van der Waals surface area contributed by atoms with Gasteiger partial charge in [0.05, 0.1) is 10.6 Å². The molecule has 0 bridgehead atoms. The summed E-state index contributed by atoms with van der Waals surface area (Å²) in [6, 6.07) is 4.66. The van der Waals surface area contributed by atoms with E-state index < -0.39 is 4.92 Å². The monoisotopic (exact) mass is 218 g/mol. The van der Waals surface area contributed by atoms with Gasteiger partial charge in [-0.25, -0.2) is 9.67 Å². The number of nitrogens with zero attached hydrogens (tertiary/aromatic N) is 4. The number of benzene rings is 1. The fourth-order valence-electron chi connectivity index (χ4n) is 1.42. The summed E-state index contributed by atoms with van der Waals surface area (Å²) >= 11 is 0. The lowest BCUT2D eigenvalue weighted by atomic mass is 10.2. The average Bonchev–Trinajstić information content (AvgIpc) is 2.65. The quantitative estimate of drug-likeness (QED) is 0.569. The Hall–Kier alpha value is -2.24. The maximum absolute atomic E-state index is 10.7. The maximum Gasteiger partial charge on any atom is 0.271 e. The van der Waals surface area contributed by atoms with Crippen LogP contribution in [0.4, 0.5) is 5.69 Å². The zero-order valence-corrected chi connectivity index (χ0v) is 8.91. The zero-order valence-electron chi connectivity index (χ0n) is 8.91. The number of hydrogen-bond acceptors (Lipinski definition) is 4. The SMILES string of the molecule is Cc1ncn(-c2cc([N+](=O)[O-])ccc2C)n1. The molecule has 82 valence electrons. The number of rotatable bonds is 2. The van der Waals surface area contributed by atoms with Gasteiger partial charge in [-0.3, -0.25) is 10.1 Å². The van der Waals surface area contributed by atoms with Gasteiger partial charge in [-0.15, -0.1) is 0 Å². The van der Waals surface area contributed by atoms with Gasteiger partial charge in [-0.1, -0.05) is 6.07 Å². The van der Waals surface area contributed by atoms with Crippen LogP contribution in [0.1, 0.15) is 11.4 Å². The Kier molecular flexibility index (Phi) is 2.40. The number of aryl methyl sites for hydroxylation is 2. The second-order valence-electron chi connectivity index (χ2n) is 3.46. The van der Waals surface area contributed by atoms with E-state index in [0.717, 1.165) is 5.56 Å². The van der Waals surface area contributed by atoms with Crippen molar-refractivity contribution in [3.05, 3.63) is 46.0 Å². The molecule has 0 aliphatic rings. The van der Waals surface area contributed by atoms with E-state index >= 15 is 0 Å². The molecule has 6 nitrogen and oxygen atoms in total. The lowest BCUT2D eigenvalue weighted by Crippen LogP contribution is -1.99. The highest BCUT2D eigenvalue weighted by atomic mass is 16.6. The first kappa shape index (κ1) is 10.3. The fraction of sp³-hybridized carbons (Fsp3) is 0.200. The second kappa shape index (κ2) is 3.73. The van der Waals surface area contributed by atoms with E-state index in [-0.39, 0.29) is 5.69 Å². The molecule has 0 aliphatic carbocycles. The molecule has 16 heavy (non-hydrogen) atoms. The highest BCUT2D eigenvalue weighted by molar-refractivity contribution is 5.48. The first-order valence-corrected chi connectivity index (χ1v) is 4.71. The number of hydrogen-bond donors (Lipinski definition) is 0. The van der Waals surface area contributed by atoms with Crippen LogP contribution in [0.3, 0.4) is 0 Å². The maximum atomic E-state index is 10.7. The summed E-state index contributed by atoms with van der Waals surface area (Å²) in [5, 5.41) is 14.8. The third-order valence-electron chi connectivity index (χ3n) is 2.26. The van der Waals surface area contributed by atoms with E-state index in [1.54, 1.807) is 19.3 Å². The molecule has 1 aromatic carbocycles. The van der Waals surface area contributed by atoms with Gasteiger partial charge in [0.2, 0.25) is 0 Å². The molecule has 0 spiro atoms. The summed E-state index contributed by atoms with van der Waals surface area (Å²) < 4.78 is 1.54. The van der Waals surface area contributed by atoms with Crippen molar-refractivity contribution in [2.24, 2.45) is 0 Å². The summed E-state index contributed by atoms with van der Waals surface area (Å²) in [6.07, 6.45) is 1.54. The molecular weight excluding hydrogens is 208 g/mol. The topological polar surface area (TPSA) is 73.8 Å². The van der Waals surface area contributed by atoms with Crippen LogP contribution < -0.4 is 0 Å². The first-order chi connectivity index (χ1) is 7.58. The Morgan fingerprint density at radius 3 is 2.69 bits per heavy atom. The van der Waals surface area contributed by atoms with Crippen molar-refractivity contribution in [3.8, 4) is 5.69 Å². The molecule has 0 aliphatic heterocycles. The largest absolute Gasteiger partial charge is 0.271 e. The molecule has 0 saturated heterocycles. The molecule has 1 heterocycles. The van der Waals surface area contributed by atoms with E-state index in [2.05, 4.69) is 10.1 Å². The number of nitro groups is 1. The highest BCUT2D eigenvalue weighted by Crippen LogP contribution is 2.19. The molecule has 0 atom stereocenters. The van der Waals surface area contributed by atoms with Gasteiger partial charge in [0.25, 0.3) is 5.69 Å². The van der Waals surface area contributed by atoms with Crippen LogP contribution in [0.25, 0.3) is 5.69 Å². The third-order valence-corrected chi connectivity index (χ3v) is 2.26. The van der Waals surface area contributed by atoms with Gasteiger partial charge < -0.3 is 0 Å². The summed E-state index contributed by atoms with van der Waals surface area (Å²) in [5.41, 5.74) is 1.64. The molecule has 0 amide bonds. The van der Waals surface area contributed by atoms with Crippen LogP contribution in [0.5, 0.6) is 0 Å². The highest BCUT2D eigenvalue weighted by Gasteiger charge is 2.10. The van der Waals surface area contributed by atoms with Crippen molar-refractivity contribution in [2.75, 3.05) is 0 Å². The van der Waals surface area contributed by atoms with Gasteiger partial charge in [-0.2, -0.15) is 5.10 Å². The Morgan fingerprint density at radius 1 is 1.38 bits per heavy atom. The molecular formula is C10H10N4O2. The number of non-ortho nitro benzene ring substituents is 1. The summed E-state index contributed by atoms with van der Waals surface area (Å²) in [5.74, 6) is 0.630. The van der Waals surface area contributed by atoms with Crippen molar-refractivity contribution in [3.63, 3.8) is 0 Å². The van der Waals surface area contributed by atoms with Gasteiger partial charge in [0.15, 0.2) is 0 Å². The van der Waals surface area contributed by atoms with Crippen LogP contribution in [-0.4, -0.2) is 19.7 Å². The zero-order chi connectivity index (χ0) is 11.7. The number of nitro benzene ring substituents is 1. The van der Waals surface area contributed by atoms with Gasteiger partial charge in [0, 0.05) is 12.1 Å². The van der Waals surface area contributed by atoms with E-state index in [1.165, 1.54) is 16.8 Å². The van der Waals surface area contributed by atoms with Crippen molar-refractivity contribution >= 4 is 5.69 Å². The lowest BCUT2D eigenvalue weighted by molar-refractivity contribution is -0.384. The minimum absolute atomic E-state index is 0.0498. The smallest absolute Gasteiger partial charge is 0.258 e. The van der Waals surface area contributed by atoms with Crippen LogP contribution in [0.15, 0.2) is 24.5 Å².